The van der Waals surface area contributed by atoms with Crippen molar-refractivity contribution >= 4 is 33.2 Å². The SMILES string of the molecule is Cc1ccc(N(CC(=O)NCc2ccc(OC(C)C)cc2)S(=O)(=O)c2ccc(Cl)cc2)cc1C. The first kappa shape index (κ1) is 25.6. The summed E-state index contributed by atoms with van der Waals surface area (Å²) in [6.07, 6.45) is 0.0736. The Morgan fingerprint density at radius 1 is 0.971 bits per heavy atom. The molecule has 0 aromatic heterocycles. The Balaban J connectivity index is 1.80. The quantitative estimate of drug-likeness (QED) is 0.435. The van der Waals surface area contributed by atoms with Crippen LogP contribution in [-0.2, 0) is 21.4 Å². The molecule has 8 heteroatoms. The minimum absolute atomic E-state index is 0.0590. The summed E-state index contributed by atoms with van der Waals surface area (Å²) >= 11 is 5.93. The Kier molecular flexibility index (Phi) is 8.23. The Hall–Kier alpha value is -3.03. The molecule has 0 spiro atoms. The van der Waals surface area contributed by atoms with Gasteiger partial charge < -0.3 is 10.1 Å². The molecule has 1 amide bonds. The molecule has 0 saturated heterocycles. The predicted octanol–water partition coefficient (Wildman–Crippen LogP) is 5.26. The van der Waals surface area contributed by atoms with E-state index in [4.69, 9.17) is 16.3 Å². The van der Waals surface area contributed by atoms with Gasteiger partial charge in [0.25, 0.3) is 10.0 Å². The molecule has 0 atom stereocenters. The van der Waals surface area contributed by atoms with Gasteiger partial charge in [0.2, 0.25) is 5.91 Å². The second-order valence-corrected chi connectivity index (χ2v) is 10.6. The molecule has 34 heavy (non-hydrogen) atoms. The maximum absolute atomic E-state index is 13.5. The maximum atomic E-state index is 13.5. The van der Waals surface area contributed by atoms with Crippen LogP contribution in [0, 0.1) is 13.8 Å². The lowest BCUT2D eigenvalue weighted by Crippen LogP contribution is -2.40. The summed E-state index contributed by atoms with van der Waals surface area (Å²) in [5.41, 5.74) is 3.26. The number of rotatable bonds is 9. The van der Waals surface area contributed by atoms with Crippen molar-refractivity contribution in [3.8, 4) is 5.75 Å². The molecule has 0 saturated carbocycles. The van der Waals surface area contributed by atoms with Crippen LogP contribution in [0.5, 0.6) is 5.75 Å². The number of halogens is 1. The second kappa shape index (κ2) is 10.9. The number of carbonyl (C=O) groups excluding carboxylic acids is 1. The number of carbonyl (C=O) groups is 1. The smallest absolute Gasteiger partial charge is 0.264 e. The van der Waals surface area contributed by atoms with E-state index in [-0.39, 0.29) is 24.1 Å². The number of aryl methyl sites for hydroxylation is 2. The van der Waals surface area contributed by atoms with Gasteiger partial charge in [-0.05, 0) is 92.9 Å². The van der Waals surface area contributed by atoms with Crippen LogP contribution in [0.3, 0.4) is 0 Å². The van der Waals surface area contributed by atoms with Crippen molar-refractivity contribution in [2.24, 2.45) is 0 Å². The third-order valence-electron chi connectivity index (χ3n) is 5.25. The van der Waals surface area contributed by atoms with Gasteiger partial charge in [0.1, 0.15) is 12.3 Å². The molecule has 0 heterocycles. The van der Waals surface area contributed by atoms with Crippen LogP contribution in [0.2, 0.25) is 5.02 Å². The lowest BCUT2D eigenvalue weighted by molar-refractivity contribution is -0.119. The number of sulfonamides is 1. The Bertz CT molecular complexity index is 1240. The van der Waals surface area contributed by atoms with E-state index in [9.17, 15) is 13.2 Å². The molecule has 3 aromatic carbocycles. The fourth-order valence-electron chi connectivity index (χ4n) is 3.27. The molecule has 0 unspecified atom stereocenters. The average Bonchev–Trinajstić information content (AvgIpc) is 2.79. The minimum Gasteiger partial charge on any atom is -0.491 e. The molecule has 3 rings (SSSR count). The maximum Gasteiger partial charge on any atom is 0.264 e. The monoisotopic (exact) mass is 500 g/mol. The highest BCUT2D eigenvalue weighted by Crippen LogP contribution is 2.26. The number of benzene rings is 3. The molecule has 3 aromatic rings. The lowest BCUT2D eigenvalue weighted by atomic mass is 10.1. The zero-order valence-corrected chi connectivity index (χ0v) is 21.3. The molecule has 1 N–H and O–H groups in total. The summed E-state index contributed by atoms with van der Waals surface area (Å²) in [4.78, 5) is 12.9. The van der Waals surface area contributed by atoms with Crippen molar-refractivity contribution in [2.75, 3.05) is 10.8 Å². The highest BCUT2D eigenvalue weighted by Gasteiger charge is 2.27. The Morgan fingerprint density at radius 3 is 2.21 bits per heavy atom. The number of nitrogens with one attached hydrogen (secondary N) is 1. The topological polar surface area (TPSA) is 75.7 Å². The molecular formula is C26H29ClN2O4S. The summed E-state index contributed by atoms with van der Waals surface area (Å²) in [6.45, 7) is 7.66. The summed E-state index contributed by atoms with van der Waals surface area (Å²) in [5.74, 6) is 0.332. The third kappa shape index (κ3) is 6.52. The molecule has 0 aliphatic carbocycles. The van der Waals surface area contributed by atoms with E-state index in [1.165, 1.54) is 24.3 Å². The molecule has 0 bridgehead atoms. The fraction of sp³-hybridized carbons (Fsp3) is 0.269. The highest BCUT2D eigenvalue weighted by atomic mass is 35.5. The Morgan fingerprint density at radius 2 is 1.62 bits per heavy atom. The van der Waals surface area contributed by atoms with Crippen LogP contribution >= 0.6 is 11.6 Å². The van der Waals surface area contributed by atoms with E-state index in [1.54, 1.807) is 12.1 Å². The summed E-state index contributed by atoms with van der Waals surface area (Å²) in [7, 11) is -4.00. The van der Waals surface area contributed by atoms with E-state index in [0.29, 0.717) is 10.7 Å². The van der Waals surface area contributed by atoms with Crippen LogP contribution < -0.4 is 14.4 Å². The number of hydrogen-bond acceptors (Lipinski definition) is 4. The average molecular weight is 501 g/mol. The van der Waals surface area contributed by atoms with E-state index < -0.39 is 15.9 Å². The number of hydrogen-bond donors (Lipinski definition) is 1. The molecule has 180 valence electrons. The molecular weight excluding hydrogens is 472 g/mol. The first-order valence-electron chi connectivity index (χ1n) is 10.9. The minimum atomic E-state index is -4.00. The van der Waals surface area contributed by atoms with Gasteiger partial charge >= 0.3 is 0 Å². The first-order chi connectivity index (χ1) is 16.1. The number of ether oxygens (including phenoxy) is 1. The van der Waals surface area contributed by atoms with E-state index in [2.05, 4.69) is 5.32 Å². The third-order valence-corrected chi connectivity index (χ3v) is 7.29. The lowest BCUT2D eigenvalue weighted by Gasteiger charge is -2.25. The van der Waals surface area contributed by atoms with Gasteiger partial charge in [0.15, 0.2) is 0 Å². The molecule has 0 aliphatic heterocycles. The van der Waals surface area contributed by atoms with Gasteiger partial charge in [-0.3, -0.25) is 9.10 Å². The van der Waals surface area contributed by atoms with Crippen molar-refractivity contribution in [1.82, 2.24) is 5.32 Å². The van der Waals surface area contributed by atoms with Crippen LogP contribution in [0.1, 0.15) is 30.5 Å². The second-order valence-electron chi connectivity index (χ2n) is 8.32. The predicted molar refractivity (Wildman–Crippen MR) is 136 cm³/mol. The fourth-order valence-corrected chi connectivity index (χ4v) is 4.81. The van der Waals surface area contributed by atoms with Crippen LogP contribution in [0.25, 0.3) is 0 Å². The molecule has 6 nitrogen and oxygen atoms in total. The van der Waals surface area contributed by atoms with Crippen molar-refractivity contribution in [3.63, 3.8) is 0 Å². The van der Waals surface area contributed by atoms with Gasteiger partial charge in [0.05, 0.1) is 16.7 Å². The van der Waals surface area contributed by atoms with Crippen molar-refractivity contribution in [2.45, 2.75) is 45.2 Å². The highest BCUT2D eigenvalue weighted by molar-refractivity contribution is 7.92. The van der Waals surface area contributed by atoms with Gasteiger partial charge in [-0.25, -0.2) is 8.42 Å². The normalized spacial score (nSPS) is 11.4. The zero-order valence-electron chi connectivity index (χ0n) is 19.7. The van der Waals surface area contributed by atoms with Crippen molar-refractivity contribution in [1.29, 1.82) is 0 Å². The van der Waals surface area contributed by atoms with Crippen molar-refractivity contribution < 1.29 is 17.9 Å². The standard InChI is InChI=1S/C26H29ClN2O4S/c1-18(2)33-24-11-6-21(7-12-24)16-28-26(30)17-29(23-10-5-19(3)20(4)15-23)34(31,32)25-13-8-22(27)9-14-25/h5-15,18H,16-17H2,1-4H3,(H,28,30). The summed E-state index contributed by atoms with van der Waals surface area (Å²) in [5, 5.41) is 3.24. The summed E-state index contributed by atoms with van der Waals surface area (Å²) < 4.78 is 33.7. The van der Waals surface area contributed by atoms with Gasteiger partial charge in [-0.1, -0.05) is 29.8 Å². The van der Waals surface area contributed by atoms with E-state index in [0.717, 1.165) is 26.7 Å². The number of anilines is 1. The zero-order chi connectivity index (χ0) is 24.9. The number of amides is 1. The van der Waals surface area contributed by atoms with Gasteiger partial charge in [-0.15, -0.1) is 0 Å². The van der Waals surface area contributed by atoms with Crippen LogP contribution in [-0.4, -0.2) is 27.0 Å². The number of nitrogens with zero attached hydrogens (tertiary/aromatic N) is 1. The van der Waals surface area contributed by atoms with Crippen LogP contribution in [0.15, 0.2) is 71.6 Å². The Labute approximate surface area is 206 Å². The molecule has 0 fully saturated rings. The first-order valence-corrected chi connectivity index (χ1v) is 12.8. The molecule has 0 radical (unpaired) electrons. The van der Waals surface area contributed by atoms with Crippen molar-refractivity contribution in [3.05, 3.63) is 88.4 Å². The summed E-state index contributed by atoms with van der Waals surface area (Å²) in [6, 6.07) is 18.6. The largest absolute Gasteiger partial charge is 0.491 e. The van der Waals surface area contributed by atoms with E-state index >= 15 is 0 Å². The molecule has 0 aliphatic rings. The van der Waals surface area contributed by atoms with Gasteiger partial charge in [0, 0.05) is 11.6 Å². The van der Waals surface area contributed by atoms with E-state index in [1.807, 2.05) is 58.0 Å². The van der Waals surface area contributed by atoms with Crippen LogP contribution in [0.4, 0.5) is 5.69 Å². The van der Waals surface area contributed by atoms with Gasteiger partial charge in [-0.2, -0.15) is 0 Å².